The Balaban J connectivity index is 2.83. The first-order valence-electron chi connectivity index (χ1n) is 7.11. The highest BCUT2D eigenvalue weighted by Gasteiger charge is 2.23. The van der Waals surface area contributed by atoms with Crippen molar-refractivity contribution in [2.45, 2.75) is 52.1 Å². The number of methoxy groups -OCH3 is 1. The van der Waals surface area contributed by atoms with Crippen molar-refractivity contribution in [1.82, 2.24) is 9.78 Å². The Morgan fingerprint density at radius 2 is 2.21 bits per heavy atom. The lowest BCUT2D eigenvalue weighted by Crippen LogP contribution is -2.25. The van der Waals surface area contributed by atoms with E-state index in [9.17, 15) is 0 Å². The van der Waals surface area contributed by atoms with Crippen LogP contribution in [0.1, 0.15) is 51.3 Å². The summed E-state index contributed by atoms with van der Waals surface area (Å²) in [6, 6.07) is -0.0524. The van der Waals surface area contributed by atoms with Gasteiger partial charge in [-0.25, -0.2) is 0 Å². The first-order chi connectivity index (χ1) is 9.15. The van der Waals surface area contributed by atoms with Gasteiger partial charge in [-0.3, -0.25) is 4.68 Å². The molecule has 0 saturated carbocycles. The number of hydrogen-bond acceptors (Lipinski definition) is 3. The molecule has 0 aliphatic heterocycles. The zero-order valence-corrected chi connectivity index (χ0v) is 13.0. The van der Waals surface area contributed by atoms with Crippen LogP contribution in [0.25, 0.3) is 0 Å². The maximum atomic E-state index is 6.42. The molecule has 1 heterocycles. The van der Waals surface area contributed by atoms with Crippen LogP contribution in [0.15, 0.2) is 6.20 Å². The molecule has 1 aromatic heterocycles. The van der Waals surface area contributed by atoms with Crippen molar-refractivity contribution in [2.75, 3.05) is 13.7 Å². The molecule has 5 heteroatoms. The quantitative estimate of drug-likeness (QED) is 0.757. The SMILES string of the molecule is CCCCC(CC)C(N)c1c(Cl)cnn1CCOC. The fourth-order valence-corrected chi connectivity index (χ4v) is 2.65. The minimum Gasteiger partial charge on any atom is -0.383 e. The molecule has 2 atom stereocenters. The summed E-state index contributed by atoms with van der Waals surface area (Å²) in [5.41, 5.74) is 7.37. The monoisotopic (exact) mass is 287 g/mol. The lowest BCUT2D eigenvalue weighted by Gasteiger charge is -2.24. The van der Waals surface area contributed by atoms with Gasteiger partial charge in [-0.1, -0.05) is 44.7 Å². The number of nitrogens with two attached hydrogens (primary N) is 1. The minimum atomic E-state index is -0.0524. The van der Waals surface area contributed by atoms with Crippen LogP contribution in [0.4, 0.5) is 0 Å². The second-order valence-corrected chi connectivity index (χ2v) is 5.34. The van der Waals surface area contributed by atoms with E-state index >= 15 is 0 Å². The Morgan fingerprint density at radius 1 is 1.47 bits per heavy atom. The lowest BCUT2D eigenvalue weighted by atomic mass is 9.90. The molecule has 0 spiro atoms. The van der Waals surface area contributed by atoms with Crippen molar-refractivity contribution in [3.63, 3.8) is 0 Å². The van der Waals surface area contributed by atoms with Crippen LogP contribution in [-0.4, -0.2) is 23.5 Å². The minimum absolute atomic E-state index is 0.0524. The average molecular weight is 288 g/mol. The van der Waals surface area contributed by atoms with Gasteiger partial charge in [0.05, 0.1) is 36.1 Å². The van der Waals surface area contributed by atoms with Gasteiger partial charge >= 0.3 is 0 Å². The van der Waals surface area contributed by atoms with Gasteiger partial charge in [0, 0.05) is 7.11 Å². The summed E-state index contributed by atoms with van der Waals surface area (Å²) in [6.07, 6.45) is 6.28. The van der Waals surface area contributed by atoms with E-state index in [2.05, 4.69) is 18.9 Å². The Kier molecular flexibility index (Phi) is 7.42. The Morgan fingerprint density at radius 3 is 2.79 bits per heavy atom. The fraction of sp³-hybridized carbons (Fsp3) is 0.786. The van der Waals surface area contributed by atoms with Crippen molar-refractivity contribution in [1.29, 1.82) is 0 Å². The molecule has 0 aliphatic carbocycles. The van der Waals surface area contributed by atoms with Crippen LogP contribution in [0.3, 0.4) is 0 Å². The summed E-state index contributed by atoms with van der Waals surface area (Å²) in [5.74, 6) is 0.454. The van der Waals surface area contributed by atoms with Gasteiger partial charge in [0.1, 0.15) is 0 Å². The van der Waals surface area contributed by atoms with Crippen molar-refractivity contribution < 1.29 is 4.74 Å². The van der Waals surface area contributed by atoms with Gasteiger partial charge in [0.15, 0.2) is 0 Å². The maximum absolute atomic E-state index is 6.42. The highest BCUT2D eigenvalue weighted by atomic mass is 35.5. The third-order valence-corrected chi connectivity index (χ3v) is 3.91. The van der Waals surface area contributed by atoms with Crippen molar-refractivity contribution in [3.05, 3.63) is 16.9 Å². The zero-order chi connectivity index (χ0) is 14.3. The average Bonchev–Trinajstić information content (AvgIpc) is 2.78. The third kappa shape index (κ3) is 4.48. The smallest absolute Gasteiger partial charge is 0.0834 e. The maximum Gasteiger partial charge on any atom is 0.0834 e. The highest BCUT2D eigenvalue weighted by molar-refractivity contribution is 6.31. The normalized spacial score (nSPS) is 14.6. The van der Waals surface area contributed by atoms with Crippen LogP contribution in [-0.2, 0) is 11.3 Å². The molecule has 1 aromatic rings. The Bertz CT molecular complexity index is 368. The van der Waals surface area contributed by atoms with Gasteiger partial charge in [0.25, 0.3) is 0 Å². The second kappa shape index (κ2) is 8.56. The molecular weight excluding hydrogens is 262 g/mol. The van der Waals surface area contributed by atoms with Crippen molar-refractivity contribution in [3.8, 4) is 0 Å². The first-order valence-corrected chi connectivity index (χ1v) is 7.49. The van der Waals surface area contributed by atoms with E-state index < -0.39 is 0 Å². The molecule has 1 rings (SSSR count). The van der Waals surface area contributed by atoms with Crippen LogP contribution >= 0.6 is 11.6 Å². The predicted molar refractivity (Wildman–Crippen MR) is 79.3 cm³/mol. The fourth-order valence-electron chi connectivity index (χ4n) is 2.39. The molecule has 2 unspecified atom stereocenters. The zero-order valence-electron chi connectivity index (χ0n) is 12.2. The molecule has 110 valence electrons. The molecule has 4 nitrogen and oxygen atoms in total. The van der Waals surface area contributed by atoms with E-state index in [0.29, 0.717) is 24.1 Å². The van der Waals surface area contributed by atoms with Crippen LogP contribution in [0.5, 0.6) is 0 Å². The Labute approximate surface area is 121 Å². The van der Waals surface area contributed by atoms with Gasteiger partial charge in [-0.2, -0.15) is 5.10 Å². The molecule has 0 aromatic carbocycles. The predicted octanol–water partition coefficient (Wildman–Crippen LogP) is 3.40. The largest absolute Gasteiger partial charge is 0.383 e. The summed E-state index contributed by atoms with van der Waals surface area (Å²) < 4.78 is 6.98. The first kappa shape index (κ1) is 16.5. The molecule has 2 N–H and O–H groups in total. The van der Waals surface area contributed by atoms with Crippen LogP contribution < -0.4 is 5.73 Å². The number of hydrogen-bond donors (Lipinski definition) is 1. The van der Waals surface area contributed by atoms with Gasteiger partial charge in [-0.15, -0.1) is 0 Å². The lowest BCUT2D eigenvalue weighted by molar-refractivity contribution is 0.181. The number of nitrogens with zero attached hydrogens (tertiary/aromatic N) is 2. The molecule has 0 saturated heterocycles. The van der Waals surface area contributed by atoms with Crippen LogP contribution in [0.2, 0.25) is 5.02 Å². The van der Waals surface area contributed by atoms with E-state index in [1.54, 1.807) is 13.3 Å². The molecular formula is C14H26ClN3O. The summed E-state index contributed by atoms with van der Waals surface area (Å²) in [4.78, 5) is 0. The van der Waals surface area contributed by atoms with Gasteiger partial charge in [-0.05, 0) is 12.3 Å². The van der Waals surface area contributed by atoms with E-state index in [0.717, 1.165) is 18.5 Å². The van der Waals surface area contributed by atoms with E-state index in [1.165, 1.54) is 12.8 Å². The Hall–Kier alpha value is -0.580. The molecule has 19 heavy (non-hydrogen) atoms. The summed E-state index contributed by atoms with van der Waals surface area (Å²) >= 11 is 6.25. The second-order valence-electron chi connectivity index (χ2n) is 4.93. The number of ether oxygens (including phenoxy) is 1. The van der Waals surface area contributed by atoms with E-state index in [-0.39, 0.29) is 6.04 Å². The standard InChI is InChI=1S/C14H26ClN3O/c1-4-6-7-11(5-2)13(16)14-12(15)10-17-18(14)8-9-19-3/h10-11,13H,4-9,16H2,1-3H3. The summed E-state index contributed by atoms with van der Waals surface area (Å²) in [7, 11) is 1.68. The van der Waals surface area contributed by atoms with E-state index in [1.807, 2.05) is 4.68 Å². The number of unbranched alkanes of at least 4 members (excludes halogenated alkanes) is 1. The van der Waals surface area contributed by atoms with Crippen LogP contribution in [0, 0.1) is 5.92 Å². The number of aromatic nitrogens is 2. The third-order valence-electron chi connectivity index (χ3n) is 3.62. The summed E-state index contributed by atoms with van der Waals surface area (Å²) in [6.45, 7) is 5.69. The van der Waals surface area contributed by atoms with Crippen molar-refractivity contribution >= 4 is 11.6 Å². The number of rotatable bonds is 9. The molecule has 0 aliphatic rings. The highest BCUT2D eigenvalue weighted by Crippen LogP contribution is 2.31. The molecule has 0 radical (unpaired) electrons. The van der Waals surface area contributed by atoms with E-state index in [4.69, 9.17) is 22.1 Å². The molecule has 0 amide bonds. The topological polar surface area (TPSA) is 53.1 Å². The van der Waals surface area contributed by atoms with Gasteiger partial charge < -0.3 is 10.5 Å². The van der Waals surface area contributed by atoms with Gasteiger partial charge in [0.2, 0.25) is 0 Å². The summed E-state index contributed by atoms with van der Waals surface area (Å²) in [5, 5.41) is 4.96. The molecule has 0 bridgehead atoms. The van der Waals surface area contributed by atoms with Crippen molar-refractivity contribution in [2.24, 2.45) is 11.7 Å². The number of halogens is 1. The molecule has 0 fully saturated rings.